The molecule has 0 aliphatic heterocycles. The van der Waals surface area contributed by atoms with Crippen LogP contribution in [0, 0.1) is 36.0 Å². The number of aryl methyl sites for hydroxylation is 1. The minimum absolute atomic E-state index is 0.732. The number of allylic oxidation sites excluding steroid dienone is 2. The Labute approximate surface area is 108 Å². The summed E-state index contributed by atoms with van der Waals surface area (Å²) in [5.41, 5.74) is 3.06. The van der Waals surface area contributed by atoms with E-state index in [4.69, 9.17) is 5.26 Å². The first-order valence-electron chi connectivity index (χ1n) is 6.69. The summed E-state index contributed by atoms with van der Waals surface area (Å²) in [6.07, 6.45) is 7.44. The van der Waals surface area contributed by atoms with Crippen molar-refractivity contribution in [2.45, 2.75) is 19.8 Å². The van der Waals surface area contributed by atoms with Gasteiger partial charge in [-0.3, -0.25) is 0 Å². The van der Waals surface area contributed by atoms with E-state index in [2.05, 4.69) is 30.5 Å². The first-order valence-corrected chi connectivity index (χ1v) is 6.69. The Morgan fingerprint density at radius 3 is 2.89 bits per heavy atom. The molecule has 2 nitrogen and oxygen atoms in total. The number of anilines is 1. The zero-order valence-electron chi connectivity index (χ0n) is 10.7. The summed E-state index contributed by atoms with van der Waals surface area (Å²) in [5.74, 6) is 2.38. The van der Waals surface area contributed by atoms with E-state index in [0.29, 0.717) is 0 Å². The molecule has 3 unspecified atom stereocenters. The van der Waals surface area contributed by atoms with Crippen molar-refractivity contribution in [3.8, 4) is 6.07 Å². The molecule has 0 radical (unpaired) electrons. The van der Waals surface area contributed by atoms with Crippen LogP contribution in [-0.4, -0.2) is 6.54 Å². The van der Waals surface area contributed by atoms with E-state index < -0.39 is 0 Å². The normalized spacial score (nSPS) is 28.3. The summed E-state index contributed by atoms with van der Waals surface area (Å²) in [4.78, 5) is 0. The third kappa shape index (κ3) is 2.01. The van der Waals surface area contributed by atoms with Crippen LogP contribution in [0.25, 0.3) is 0 Å². The number of nitrogens with one attached hydrogen (secondary N) is 1. The van der Waals surface area contributed by atoms with Crippen molar-refractivity contribution in [1.29, 1.82) is 5.26 Å². The Bertz CT molecular complexity index is 524. The maximum atomic E-state index is 8.93. The fraction of sp³-hybridized carbons (Fsp3) is 0.438. The molecular weight excluding hydrogens is 220 g/mol. The van der Waals surface area contributed by atoms with Gasteiger partial charge in [0, 0.05) is 12.2 Å². The number of nitrogens with zero attached hydrogens (tertiary/aromatic N) is 1. The number of benzene rings is 1. The van der Waals surface area contributed by atoms with Crippen LogP contribution in [0.4, 0.5) is 5.69 Å². The topological polar surface area (TPSA) is 35.8 Å². The molecule has 2 bridgehead atoms. The number of hydrogen-bond donors (Lipinski definition) is 1. The first-order chi connectivity index (χ1) is 8.76. The maximum absolute atomic E-state index is 8.93. The van der Waals surface area contributed by atoms with E-state index >= 15 is 0 Å². The van der Waals surface area contributed by atoms with Crippen molar-refractivity contribution < 1.29 is 0 Å². The summed E-state index contributed by atoms with van der Waals surface area (Å²) < 4.78 is 0. The van der Waals surface area contributed by atoms with Crippen LogP contribution in [0.15, 0.2) is 30.4 Å². The van der Waals surface area contributed by atoms with Gasteiger partial charge in [0.05, 0.1) is 11.6 Å². The molecule has 2 aliphatic rings. The molecule has 92 valence electrons. The average molecular weight is 238 g/mol. The summed E-state index contributed by atoms with van der Waals surface area (Å²) in [6.45, 7) is 3.12. The molecule has 1 saturated carbocycles. The highest BCUT2D eigenvalue weighted by Gasteiger charge is 2.35. The molecule has 1 N–H and O–H groups in total. The van der Waals surface area contributed by atoms with Crippen LogP contribution in [0.5, 0.6) is 0 Å². The third-order valence-corrected chi connectivity index (χ3v) is 4.34. The molecule has 2 aliphatic carbocycles. The fourth-order valence-electron chi connectivity index (χ4n) is 3.25. The van der Waals surface area contributed by atoms with Crippen LogP contribution in [-0.2, 0) is 0 Å². The second kappa shape index (κ2) is 4.49. The van der Waals surface area contributed by atoms with Gasteiger partial charge in [-0.05, 0) is 55.2 Å². The van der Waals surface area contributed by atoms with Gasteiger partial charge in [-0.15, -0.1) is 0 Å². The van der Waals surface area contributed by atoms with Gasteiger partial charge < -0.3 is 5.32 Å². The van der Waals surface area contributed by atoms with Crippen LogP contribution in [0.1, 0.15) is 24.0 Å². The predicted molar refractivity (Wildman–Crippen MR) is 73.2 cm³/mol. The van der Waals surface area contributed by atoms with Gasteiger partial charge >= 0.3 is 0 Å². The summed E-state index contributed by atoms with van der Waals surface area (Å²) in [7, 11) is 0. The molecular formula is C16H18N2. The Morgan fingerprint density at radius 1 is 1.33 bits per heavy atom. The maximum Gasteiger partial charge on any atom is 0.0992 e. The smallest absolute Gasteiger partial charge is 0.0992 e. The lowest BCUT2D eigenvalue weighted by molar-refractivity contribution is 0.472. The molecule has 0 heterocycles. The Kier molecular flexibility index (Phi) is 2.83. The van der Waals surface area contributed by atoms with Gasteiger partial charge in [-0.2, -0.15) is 5.26 Å². The lowest BCUT2D eigenvalue weighted by Gasteiger charge is -2.20. The molecule has 0 amide bonds. The van der Waals surface area contributed by atoms with Crippen molar-refractivity contribution in [2.75, 3.05) is 11.9 Å². The molecule has 0 saturated heterocycles. The van der Waals surface area contributed by atoms with E-state index in [-0.39, 0.29) is 0 Å². The highest BCUT2D eigenvalue weighted by Crippen LogP contribution is 2.43. The first kappa shape index (κ1) is 11.3. The van der Waals surface area contributed by atoms with Crippen LogP contribution in [0.2, 0.25) is 0 Å². The van der Waals surface area contributed by atoms with Crippen LogP contribution >= 0.6 is 0 Å². The largest absolute Gasteiger partial charge is 0.384 e. The van der Waals surface area contributed by atoms with E-state index in [0.717, 1.165) is 35.5 Å². The second-order valence-corrected chi connectivity index (χ2v) is 5.56. The number of hydrogen-bond acceptors (Lipinski definition) is 2. The molecule has 0 aromatic heterocycles. The standard InChI is InChI=1S/C16H18N2/c1-11-2-3-13(9-17)8-16(11)18-10-15-7-12-4-5-14(15)6-12/h2-5,8,12,14-15,18H,6-7,10H2,1H3. The molecule has 18 heavy (non-hydrogen) atoms. The lowest BCUT2D eigenvalue weighted by Crippen LogP contribution is -2.18. The minimum Gasteiger partial charge on any atom is -0.384 e. The van der Waals surface area contributed by atoms with E-state index in [1.165, 1.54) is 18.4 Å². The number of rotatable bonds is 3. The molecule has 0 spiro atoms. The van der Waals surface area contributed by atoms with Crippen molar-refractivity contribution in [3.63, 3.8) is 0 Å². The molecule has 3 atom stereocenters. The Morgan fingerprint density at radius 2 is 2.22 bits per heavy atom. The van der Waals surface area contributed by atoms with Gasteiger partial charge in [0.25, 0.3) is 0 Å². The van der Waals surface area contributed by atoms with Crippen molar-refractivity contribution in [2.24, 2.45) is 17.8 Å². The molecule has 2 heteroatoms. The summed E-state index contributed by atoms with van der Waals surface area (Å²) in [6, 6.07) is 8.05. The van der Waals surface area contributed by atoms with E-state index in [9.17, 15) is 0 Å². The highest BCUT2D eigenvalue weighted by atomic mass is 14.9. The van der Waals surface area contributed by atoms with Crippen LogP contribution < -0.4 is 5.32 Å². The summed E-state index contributed by atoms with van der Waals surface area (Å²) >= 11 is 0. The number of fused-ring (bicyclic) bond motifs is 2. The number of nitriles is 1. The van der Waals surface area contributed by atoms with Gasteiger partial charge in [-0.1, -0.05) is 18.2 Å². The lowest BCUT2D eigenvalue weighted by atomic mass is 9.93. The van der Waals surface area contributed by atoms with Crippen LogP contribution in [0.3, 0.4) is 0 Å². The SMILES string of the molecule is Cc1ccc(C#N)cc1NCC1CC2C=CC1C2. The highest BCUT2D eigenvalue weighted by molar-refractivity contribution is 5.55. The molecule has 1 aromatic carbocycles. The van der Waals surface area contributed by atoms with Crippen molar-refractivity contribution in [1.82, 2.24) is 0 Å². The molecule has 1 aromatic rings. The fourth-order valence-corrected chi connectivity index (χ4v) is 3.25. The average Bonchev–Trinajstić information content (AvgIpc) is 3.00. The molecule has 3 rings (SSSR count). The summed E-state index contributed by atoms with van der Waals surface area (Å²) in [5, 5.41) is 12.5. The zero-order chi connectivity index (χ0) is 12.5. The van der Waals surface area contributed by atoms with E-state index in [1.54, 1.807) is 0 Å². The monoisotopic (exact) mass is 238 g/mol. The van der Waals surface area contributed by atoms with Gasteiger partial charge in [-0.25, -0.2) is 0 Å². The van der Waals surface area contributed by atoms with E-state index in [1.807, 2.05) is 18.2 Å². The quantitative estimate of drug-likeness (QED) is 0.818. The third-order valence-electron chi connectivity index (χ3n) is 4.34. The molecule has 1 fully saturated rings. The Hall–Kier alpha value is -1.75. The van der Waals surface area contributed by atoms with Gasteiger partial charge in [0.1, 0.15) is 0 Å². The van der Waals surface area contributed by atoms with Gasteiger partial charge in [0.15, 0.2) is 0 Å². The Balaban J connectivity index is 1.67. The van der Waals surface area contributed by atoms with Gasteiger partial charge in [0.2, 0.25) is 0 Å². The second-order valence-electron chi connectivity index (χ2n) is 5.56. The van der Waals surface area contributed by atoms with Crippen molar-refractivity contribution >= 4 is 5.69 Å². The zero-order valence-corrected chi connectivity index (χ0v) is 10.7. The minimum atomic E-state index is 0.732. The van der Waals surface area contributed by atoms with Crippen molar-refractivity contribution in [3.05, 3.63) is 41.5 Å². The predicted octanol–water partition coefficient (Wildman–Crippen LogP) is 3.49.